The zero-order valence-corrected chi connectivity index (χ0v) is 7.87. The Hall–Kier alpha value is -1.12. The maximum absolute atomic E-state index is 10.2. The van der Waals surface area contributed by atoms with E-state index in [0.717, 1.165) is 12.0 Å². The van der Waals surface area contributed by atoms with E-state index in [1.165, 1.54) is 0 Å². The zero-order chi connectivity index (χ0) is 9.68. The minimum absolute atomic E-state index is 0.330. The van der Waals surface area contributed by atoms with Gasteiger partial charge in [0.2, 0.25) is 0 Å². The van der Waals surface area contributed by atoms with Crippen molar-refractivity contribution in [3.05, 3.63) is 29.8 Å². The van der Waals surface area contributed by atoms with Gasteiger partial charge in [-0.2, -0.15) is 9.13 Å². The SMILES string of the molecule is NCCc1ccc(OP(=O)=O)cc1. The van der Waals surface area contributed by atoms with Crippen molar-refractivity contribution in [1.82, 2.24) is 0 Å². The number of benzene rings is 1. The summed E-state index contributed by atoms with van der Waals surface area (Å²) in [5.41, 5.74) is 6.42. The van der Waals surface area contributed by atoms with E-state index in [-0.39, 0.29) is 0 Å². The largest absolute Gasteiger partial charge is 0.529 e. The molecule has 13 heavy (non-hydrogen) atoms. The van der Waals surface area contributed by atoms with E-state index in [9.17, 15) is 9.13 Å². The third-order valence-corrected chi connectivity index (χ3v) is 1.90. The second-order valence-corrected chi connectivity index (χ2v) is 3.13. The normalized spacial score (nSPS) is 9.62. The maximum atomic E-state index is 10.2. The van der Waals surface area contributed by atoms with Crippen molar-refractivity contribution in [2.45, 2.75) is 6.42 Å². The lowest BCUT2D eigenvalue weighted by Gasteiger charge is -1.99. The summed E-state index contributed by atoms with van der Waals surface area (Å²) in [5, 5.41) is 0. The van der Waals surface area contributed by atoms with Crippen molar-refractivity contribution in [1.29, 1.82) is 0 Å². The van der Waals surface area contributed by atoms with Crippen molar-refractivity contribution in [3.63, 3.8) is 0 Å². The van der Waals surface area contributed by atoms with Gasteiger partial charge in [0, 0.05) is 0 Å². The van der Waals surface area contributed by atoms with Crippen molar-refractivity contribution in [2.24, 2.45) is 5.73 Å². The molecule has 0 atom stereocenters. The summed E-state index contributed by atoms with van der Waals surface area (Å²) in [6.07, 6.45) is 0.782. The van der Waals surface area contributed by atoms with Gasteiger partial charge < -0.3 is 10.3 Å². The highest BCUT2D eigenvalue weighted by Crippen LogP contribution is 2.18. The standard InChI is InChI=1S/C8H10NO3P/c9-6-5-7-1-3-8(4-2-7)12-13(10)11/h1-4H,5-6,9H2. The van der Waals surface area contributed by atoms with Gasteiger partial charge in [0.25, 0.3) is 0 Å². The molecule has 0 saturated heterocycles. The summed E-state index contributed by atoms with van der Waals surface area (Å²) in [4.78, 5) is 0. The first-order chi connectivity index (χ1) is 6.22. The highest BCUT2D eigenvalue weighted by atomic mass is 31.1. The summed E-state index contributed by atoms with van der Waals surface area (Å²) >= 11 is 0. The van der Waals surface area contributed by atoms with Crippen LogP contribution in [0.3, 0.4) is 0 Å². The van der Waals surface area contributed by atoms with E-state index in [4.69, 9.17) is 5.73 Å². The van der Waals surface area contributed by atoms with Gasteiger partial charge >= 0.3 is 7.91 Å². The maximum Gasteiger partial charge on any atom is 0.529 e. The molecule has 0 aliphatic heterocycles. The van der Waals surface area contributed by atoms with Crippen LogP contribution < -0.4 is 10.3 Å². The Morgan fingerprint density at radius 3 is 2.31 bits per heavy atom. The molecule has 0 fully saturated rings. The summed E-state index contributed by atoms with van der Waals surface area (Å²) in [6.45, 7) is 0.579. The first-order valence-electron chi connectivity index (χ1n) is 3.84. The van der Waals surface area contributed by atoms with Gasteiger partial charge in [0.1, 0.15) is 5.75 Å². The molecule has 0 heterocycles. The fourth-order valence-electron chi connectivity index (χ4n) is 0.970. The average Bonchev–Trinajstić information content (AvgIpc) is 2.08. The summed E-state index contributed by atoms with van der Waals surface area (Å²) < 4.78 is 24.8. The number of hydrogen-bond acceptors (Lipinski definition) is 4. The second kappa shape index (κ2) is 4.80. The Morgan fingerprint density at radius 2 is 1.85 bits per heavy atom. The molecule has 1 aromatic carbocycles. The number of rotatable bonds is 4. The Labute approximate surface area is 76.6 Å². The predicted molar refractivity (Wildman–Crippen MR) is 48.1 cm³/mol. The monoisotopic (exact) mass is 199 g/mol. The van der Waals surface area contributed by atoms with E-state index in [1.807, 2.05) is 0 Å². The second-order valence-electron chi connectivity index (χ2n) is 2.50. The third-order valence-electron chi connectivity index (χ3n) is 1.54. The van der Waals surface area contributed by atoms with Crippen LogP contribution in [0.25, 0.3) is 0 Å². The van der Waals surface area contributed by atoms with E-state index in [2.05, 4.69) is 4.52 Å². The number of nitrogens with two attached hydrogens (primary N) is 1. The molecule has 5 heteroatoms. The fraction of sp³-hybridized carbons (Fsp3) is 0.250. The molecular formula is C8H10NO3P. The van der Waals surface area contributed by atoms with Gasteiger partial charge in [-0.05, 0) is 30.7 Å². The Kier molecular flexibility index (Phi) is 3.68. The quantitative estimate of drug-likeness (QED) is 0.748. The highest BCUT2D eigenvalue weighted by molar-refractivity contribution is 7.25. The first kappa shape index (κ1) is 9.96. The molecule has 0 saturated carbocycles. The lowest BCUT2D eigenvalue weighted by Crippen LogP contribution is -2.02. The van der Waals surface area contributed by atoms with Crippen molar-refractivity contribution in [3.8, 4) is 5.75 Å². The molecule has 0 aliphatic carbocycles. The van der Waals surface area contributed by atoms with Gasteiger partial charge in [-0.3, -0.25) is 0 Å². The van der Waals surface area contributed by atoms with Gasteiger partial charge in [-0.15, -0.1) is 0 Å². The molecule has 1 rings (SSSR count). The van der Waals surface area contributed by atoms with E-state index >= 15 is 0 Å². The molecule has 2 N–H and O–H groups in total. The van der Waals surface area contributed by atoms with Gasteiger partial charge in [0.05, 0.1) is 0 Å². The molecule has 1 aromatic rings. The smallest absolute Gasteiger partial charge is 0.387 e. The van der Waals surface area contributed by atoms with Crippen LogP contribution in [0, 0.1) is 0 Å². The summed E-state index contributed by atoms with van der Waals surface area (Å²) in [5.74, 6) is 0.330. The van der Waals surface area contributed by atoms with Crippen LogP contribution in [-0.4, -0.2) is 6.54 Å². The fourth-order valence-corrected chi connectivity index (χ4v) is 1.26. The van der Waals surface area contributed by atoms with Crippen LogP contribution >= 0.6 is 7.91 Å². The van der Waals surface area contributed by atoms with Crippen molar-refractivity contribution >= 4 is 7.91 Å². The molecule has 0 aromatic heterocycles. The Bertz CT molecular complexity index is 324. The molecule has 0 radical (unpaired) electrons. The van der Waals surface area contributed by atoms with Gasteiger partial charge in [-0.25, -0.2) is 0 Å². The van der Waals surface area contributed by atoms with E-state index in [0.29, 0.717) is 12.3 Å². The minimum atomic E-state index is -2.82. The summed E-state index contributed by atoms with van der Waals surface area (Å²) in [6, 6.07) is 6.80. The molecule has 70 valence electrons. The summed E-state index contributed by atoms with van der Waals surface area (Å²) in [7, 11) is -2.82. The molecule has 0 amide bonds. The van der Waals surface area contributed by atoms with Crippen LogP contribution in [0.5, 0.6) is 5.75 Å². The van der Waals surface area contributed by atoms with E-state index in [1.54, 1.807) is 24.3 Å². The minimum Gasteiger partial charge on any atom is -0.387 e. The molecule has 0 aliphatic rings. The topological polar surface area (TPSA) is 69.4 Å². The van der Waals surface area contributed by atoms with Crippen molar-refractivity contribution < 1.29 is 13.7 Å². The van der Waals surface area contributed by atoms with E-state index < -0.39 is 7.91 Å². The average molecular weight is 199 g/mol. The lowest BCUT2D eigenvalue weighted by atomic mass is 10.1. The van der Waals surface area contributed by atoms with Crippen LogP contribution in [-0.2, 0) is 15.6 Å². The third kappa shape index (κ3) is 3.40. The van der Waals surface area contributed by atoms with Crippen LogP contribution in [0.4, 0.5) is 0 Å². The predicted octanol–water partition coefficient (Wildman–Crippen LogP) is 1.65. The Morgan fingerprint density at radius 1 is 1.23 bits per heavy atom. The zero-order valence-electron chi connectivity index (χ0n) is 6.97. The van der Waals surface area contributed by atoms with Gasteiger partial charge in [0.15, 0.2) is 0 Å². The van der Waals surface area contributed by atoms with Crippen LogP contribution in [0.15, 0.2) is 24.3 Å². The van der Waals surface area contributed by atoms with Crippen LogP contribution in [0.2, 0.25) is 0 Å². The number of hydrogen-bond donors (Lipinski definition) is 1. The molecule has 0 unspecified atom stereocenters. The molecule has 0 bridgehead atoms. The molecule has 4 nitrogen and oxygen atoms in total. The van der Waals surface area contributed by atoms with Gasteiger partial charge in [-0.1, -0.05) is 12.1 Å². The highest BCUT2D eigenvalue weighted by Gasteiger charge is 1.96. The van der Waals surface area contributed by atoms with Crippen molar-refractivity contribution in [2.75, 3.05) is 6.54 Å². The lowest BCUT2D eigenvalue weighted by molar-refractivity contribution is 0.438. The first-order valence-corrected chi connectivity index (χ1v) is 4.93. The molecular weight excluding hydrogens is 189 g/mol. The molecule has 0 spiro atoms. The van der Waals surface area contributed by atoms with Crippen LogP contribution in [0.1, 0.15) is 5.56 Å². The Balaban J connectivity index is 2.69.